The van der Waals surface area contributed by atoms with Crippen LogP contribution in [-0.2, 0) is 19.1 Å². The molecule has 0 bridgehead atoms. The molecule has 1 aliphatic rings. The van der Waals surface area contributed by atoms with Crippen LogP contribution in [0.25, 0.3) is 11.2 Å². The molecule has 0 aromatic carbocycles. The number of rotatable bonds is 4. The minimum atomic E-state index is -1.46. The molecule has 1 fully saturated rings. The maximum Gasteiger partial charge on any atom is 0.311 e. The van der Waals surface area contributed by atoms with Gasteiger partial charge in [0.25, 0.3) is 0 Å². The molecule has 0 spiro atoms. The van der Waals surface area contributed by atoms with E-state index in [1.165, 1.54) is 17.8 Å². The van der Waals surface area contributed by atoms with Gasteiger partial charge in [0, 0.05) is 6.92 Å². The fourth-order valence-corrected chi connectivity index (χ4v) is 2.95. The molecular formula is C17H21ClFN5O4. The molecule has 0 saturated carbocycles. The molecule has 28 heavy (non-hydrogen) atoms. The summed E-state index contributed by atoms with van der Waals surface area (Å²) in [6.07, 6.45) is -0.962. The highest BCUT2D eigenvalue weighted by Crippen LogP contribution is 2.32. The summed E-state index contributed by atoms with van der Waals surface area (Å²) >= 11 is 6.10. The van der Waals surface area contributed by atoms with Crippen LogP contribution in [0.5, 0.6) is 0 Å². The number of carbonyl (C=O) groups is 2. The normalized spacial score (nSPS) is 22.4. The first kappa shape index (κ1) is 20.4. The number of hydrogen-bond donors (Lipinski definition) is 1. The highest BCUT2D eigenvalue weighted by atomic mass is 35.5. The van der Waals surface area contributed by atoms with Crippen molar-refractivity contribution in [1.82, 2.24) is 19.5 Å². The highest BCUT2D eigenvalue weighted by molar-refractivity contribution is 6.33. The summed E-state index contributed by atoms with van der Waals surface area (Å²) in [5.74, 6) is -0.800. The van der Waals surface area contributed by atoms with Crippen molar-refractivity contribution in [2.75, 3.05) is 18.5 Å². The Bertz CT molecular complexity index is 913. The molecule has 3 atom stereocenters. The minimum absolute atomic E-state index is 0.00303. The van der Waals surface area contributed by atoms with E-state index >= 15 is 0 Å². The van der Waals surface area contributed by atoms with E-state index in [0.29, 0.717) is 0 Å². The zero-order chi connectivity index (χ0) is 20.6. The van der Waals surface area contributed by atoms with E-state index in [9.17, 15) is 14.0 Å². The first-order valence-corrected chi connectivity index (χ1v) is 9.06. The van der Waals surface area contributed by atoms with Gasteiger partial charge in [-0.15, -0.1) is 0 Å². The number of nitrogens with zero attached hydrogens (tertiary/aromatic N) is 4. The van der Waals surface area contributed by atoms with Gasteiger partial charge in [-0.05, 0) is 20.8 Å². The number of halogens is 2. The van der Waals surface area contributed by atoms with Crippen molar-refractivity contribution in [2.24, 2.45) is 5.41 Å². The number of carbonyl (C=O) groups excluding carboxylic acids is 2. The standard InChI is InChI=1S/C17H21ClFN5O4/c1-8(25)21-16-22-13(18)12-14(23-16)24(7-20-12)9-5-27-10(11(9)19)6-28-15(26)17(2,3)4/h7,9-11H,5-6H2,1-4H3,(H,21,22,23,25)/t9-,10-,11+/m1/s1. The van der Waals surface area contributed by atoms with Crippen LogP contribution in [0.4, 0.5) is 10.3 Å². The van der Waals surface area contributed by atoms with E-state index in [1.807, 2.05) is 0 Å². The Labute approximate surface area is 165 Å². The Morgan fingerprint density at radius 1 is 1.43 bits per heavy atom. The Balaban J connectivity index is 1.80. The van der Waals surface area contributed by atoms with Gasteiger partial charge in [0.15, 0.2) is 17.0 Å². The number of fused-ring (bicyclic) bond motifs is 1. The molecule has 0 unspecified atom stereocenters. The molecule has 9 nitrogen and oxygen atoms in total. The third-order valence-corrected chi connectivity index (χ3v) is 4.48. The maximum atomic E-state index is 15.0. The smallest absolute Gasteiger partial charge is 0.311 e. The Hall–Kier alpha value is -2.33. The summed E-state index contributed by atoms with van der Waals surface area (Å²) in [6, 6.07) is -0.737. The lowest BCUT2D eigenvalue weighted by Crippen LogP contribution is -2.32. The molecule has 0 radical (unpaired) electrons. The lowest BCUT2D eigenvalue weighted by Gasteiger charge is -2.20. The van der Waals surface area contributed by atoms with Gasteiger partial charge in [-0.2, -0.15) is 9.97 Å². The van der Waals surface area contributed by atoms with Gasteiger partial charge in [-0.1, -0.05) is 11.6 Å². The van der Waals surface area contributed by atoms with Crippen molar-refractivity contribution < 1.29 is 23.5 Å². The fraction of sp³-hybridized carbons (Fsp3) is 0.588. The second kappa shape index (κ2) is 7.59. The molecule has 3 rings (SSSR count). The third-order valence-electron chi connectivity index (χ3n) is 4.22. The summed E-state index contributed by atoms with van der Waals surface area (Å²) in [7, 11) is 0. The van der Waals surface area contributed by atoms with E-state index in [-0.39, 0.29) is 41.4 Å². The number of alkyl halides is 1. The summed E-state index contributed by atoms with van der Waals surface area (Å²) in [6.45, 7) is 6.32. The topological polar surface area (TPSA) is 108 Å². The predicted molar refractivity (Wildman–Crippen MR) is 98.7 cm³/mol. The zero-order valence-corrected chi connectivity index (χ0v) is 16.7. The number of amides is 1. The average Bonchev–Trinajstić information content (AvgIpc) is 3.15. The van der Waals surface area contributed by atoms with Crippen LogP contribution in [0.2, 0.25) is 5.15 Å². The van der Waals surface area contributed by atoms with Gasteiger partial charge in [0.2, 0.25) is 11.9 Å². The minimum Gasteiger partial charge on any atom is -0.462 e. The van der Waals surface area contributed by atoms with Gasteiger partial charge in [0.1, 0.15) is 18.2 Å². The van der Waals surface area contributed by atoms with Crippen molar-refractivity contribution in [1.29, 1.82) is 0 Å². The maximum absolute atomic E-state index is 15.0. The second-order valence-electron chi connectivity index (χ2n) is 7.58. The molecule has 1 N–H and O–H groups in total. The molecule has 11 heteroatoms. The quantitative estimate of drug-likeness (QED) is 0.605. The molecule has 152 valence electrons. The van der Waals surface area contributed by atoms with Crippen molar-refractivity contribution in [3.63, 3.8) is 0 Å². The Morgan fingerprint density at radius 2 is 2.14 bits per heavy atom. The van der Waals surface area contributed by atoms with Gasteiger partial charge in [0.05, 0.1) is 24.4 Å². The third kappa shape index (κ3) is 4.07. The van der Waals surface area contributed by atoms with Gasteiger partial charge < -0.3 is 14.0 Å². The fourth-order valence-electron chi connectivity index (χ4n) is 2.74. The van der Waals surface area contributed by atoms with Crippen molar-refractivity contribution in [2.45, 2.75) is 46.0 Å². The molecule has 0 aliphatic carbocycles. The van der Waals surface area contributed by atoms with Crippen molar-refractivity contribution >= 4 is 40.6 Å². The van der Waals surface area contributed by atoms with Gasteiger partial charge in [-0.25, -0.2) is 9.37 Å². The van der Waals surface area contributed by atoms with E-state index in [0.717, 1.165) is 0 Å². The van der Waals surface area contributed by atoms with E-state index in [1.54, 1.807) is 20.8 Å². The summed E-state index contributed by atoms with van der Waals surface area (Å²) in [5.41, 5.74) is -0.129. The second-order valence-corrected chi connectivity index (χ2v) is 7.93. The molecular weight excluding hydrogens is 393 g/mol. The zero-order valence-electron chi connectivity index (χ0n) is 15.9. The number of anilines is 1. The lowest BCUT2D eigenvalue weighted by molar-refractivity contribution is -0.156. The first-order valence-electron chi connectivity index (χ1n) is 8.68. The largest absolute Gasteiger partial charge is 0.462 e. The van der Waals surface area contributed by atoms with Crippen LogP contribution < -0.4 is 5.32 Å². The number of esters is 1. The monoisotopic (exact) mass is 413 g/mol. The number of imidazole rings is 1. The number of aromatic nitrogens is 4. The van der Waals surface area contributed by atoms with Crippen LogP contribution in [-0.4, -0.2) is 56.9 Å². The summed E-state index contributed by atoms with van der Waals surface area (Å²) < 4.78 is 27.1. The van der Waals surface area contributed by atoms with E-state index in [2.05, 4.69) is 20.3 Å². The van der Waals surface area contributed by atoms with Crippen LogP contribution in [0.3, 0.4) is 0 Å². The van der Waals surface area contributed by atoms with Crippen LogP contribution in [0, 0.1) is 5.41 Å². The van der Waals surface area contributed by atoms with Gasteiger partial charge >= 0.3 is 5.97 Å². The number of ether oxygens (including phenoxy) is 2. The van der Waals surface area contributed by atoms with E-state index in [4.69, 9.17) is 21.1 Å². The van der Waals surface area contributed by atoms with Crippen molar-refractivity contribution in [3.05, 3.63) is 11.5 Å². The predicted octanol–water partition coefficient (Wildman–Crippen LogP) is 2.31. The molecule has 2 aromatic heterocycles. The van der Waals surface area contributed by atoms with E-state index < -0.39 is 29.7 Å². The molecule has 1 saturated heterocycles. The van der Waals surface area contributed by atoms with Crippen LogP contribution in [0.15, 0.2) is 6.33 Å². The first-order chi connectivity index (χ1) is 13.1. The molecule has 3 heterocycles. The highest BCUT2D eigenvalue weighted by Gasteiger charge is 2.41. The lowest BCUT2D eigenvalue weighted by atomic mass is 9.97. The summed E-state index contributed by atoms with van der Waals surface area (Å²) in [5, 5.41) is 2.48. The van der Waals surface area contributed by atoms with Crippen LogP contribution in [0.1, 0.15) is 33.7 Å². The van der Waals surface area contributed by atoms with Gasteiger partial charge in [-0.3, -0.25) is 14.9 Å². The SMILES string of the molecule is CC(=O)Nc1nc(Cl)c2ncn([C@@H]3CO[C@H](COC(=O)C(C)(C)C)[C@H]3F)c2n1. The van der Waals surface area contributed by atoms with Crippen molar-refractivity contribution in [3.8, 4) is 0 Å². The Kier molecular flexibility index (Phi) is 5.53. The van der Waals surface area contributed by atoms with Crippen LogP contribution >= 0.6 is 11.6 Å². The average molecular weight is 414 g/mol. The molecule has 2 aromatic rings. The number of nitrogens with one attached hydrogen (secondary N) is 1. The summed E-state index contributed by atoms with van der Waals surface area (Å²) in [4.78, 5) is 35.4. The number of hydrogen-bond acceptors (Lipinski definition) is 7. The molecule has 1 amide bonds. The Morgan fingerprint density at radius 3 is 2.79 bits per heavy atom. The molecule has 1 aliphatic heterocycles.